The van der Waals surface area contributed by atoms with Gasteiger partial charge in [-0.1, -0.05) is 35.9 Å². The Morgan fingerprint density at radius 3 is 2.48 bits per heavy atom. The van der Waals surface area contributed by atoms with Crippen LogP contribution in [0.25, 0.3) is 0 Å². The molecule has 1 aromatic rings. The topological polar surface area (TPSA) is 46.6 Å². The van der Waals surface area contributed by atoms with Crippen molar-refractivity contribution in [2.45, 2.75) is 50.7 Å². The van der Waals surface area contributed by atoms with Crippen molar-refractivity contribution in [2.24, 2.45) is 5.92 Å². The molecule has 5 heteroatoms. The van der Waals surface area contributed by atoms with Gasteiger partial charge in [-0.3, -0.25) is 0 Å². The summed E-state index contributed by atoms with van der Waals surface area (Å²) in [5.74, 6) is 0.0411. The van der Waals surface area contributed by atoms with Gasteiger partial charge >= 0.3 is 0 Å². The lowest BCUT2D eigenvalue weighted by molar-refractivity contribution is -0.0221. The second-order valence-electron chi connectivity index (χ2n) is 7.49. The van der Waals surface area contributed by atoms with Crippen LogP contribution in [0.1, 0.15) is 32.8 Å². The molecular weight excluding hydrogens is 334 g/mol. The van der Waals surface area contributed by atoms with Crippen molar-refractivity contribution in [3.8, 4) is 0 Å². The van der Waals surface area contributed by atoms with E-state index in [2.05, 4.69) is 12.7 Å². The summed E-state index contributed by atoms with van der Waals surface area (Å²) in [6.07, 6.45) is 6.45. The molecule has 0 radical (unpaired) electrons. The van der Waals surface area contributed by atoms with Gasteiger partial charge in [-0.05, 0) is 46.2 Å². The van der Waals surface area contributed by atoms with E-state index in [1.54, 1.807) is 22.5 Å². The Morgan fingerprint density at radius 1 is 1.28 bits per heavy atom. The molecule has 2 rings (SSSR count). The normalized spacial score (nSPS) is 21.0. The van der Waals surface area contributed by atoms with Crippen LogP contribution in [-0.2, 0) is 14.8 Å². The Labute approximate surface area is 152 Å². The third-order valence-corrected chi connectivity index (χ3v) is 6.18. The Hall–Kier alpha value is -1.43. The van der Waals surface area contributed by atoms with E-state index in [9.17, 15) is 8.42 Å². The smallest absolute Gasteiger partial charge is 0.243 e. The molecule has 0 N–H and O–H groups in total. The van der Waals surface area contributed by atoms with Crippen molar-refractivity contribution >= 4 is 10.0 Å². The maximum absolute atomic E-state index is 13.2. The van der Waals surface area contributed by atoms with Crippen LogP contribution < -0.4 is 0 Å². The fourth-order valence-electron chi connectivity index (χ4n) is 2.92. The minimum Gasteiger partial charge on any atom is -0.375 e. The number of ether oxygens (including phenoxy) is 1. The standard InChI is InChI=1S/C20H29NO3S/c1-6-14-21(25(22,23)18-12-10-16(2)11-13-18)19-9-7-8-17(19)15-24-20(3,4)5/h6-8,10-13,17,19H,1,9,14-15H2,2-5H3/t17-,19+/m0/s1. The van der Waals surface area contributed by atoms with Crippen molar-refractivity contribution in [3.63, 3.8) is 0 Å². The molecule has 0 heterocycles. The fraction of sp³-hybridized carbons (Fsp3) is 0.500. The van der Waals surface area contributed by atoms with Crippen LogP contribution in [0.3, 0.4) is 0 Å². The minimum atomic E-state index is -3.58. The summed E-state index contributed by atoms with van der Waals surface area (Å²) < 4.78 is 33.8. The third-order valence-electron chi connectivity index (χ3n) is 4.27. The number of nitrogens with zero attached hydrogens (tertiary/aromatic N) is 1. The second kappa shape index (κ2) is 7.85. The number of hydrogen-bond acceptors (Lipinski definition) is 3. The molecule has 0 saturated carbocycles. The molecule has 2 atom stereocenters. The van der Waals surface area contributed by atoms with Gasteiger partial charge in [-0.25, -0.2) is 8.42 Å². The van der Waals surface area contributed by atoms with Crippen molar-refractivity contribution in [2.75, 3.05) is 13.2 Å². The van der Waals surface area contributed by atoms with Crippen LogP contribution in [0.4, 0.5) is 0 Å². The van der Waals surface area contributed by atoms with Gasteiger partial charge in [0.05, 0.1) is 17.1 Å². The molecule has 0 saturated heterocycles. The third kappa shape index (κ3) is 5.03. The van der Waals surface area contributed by atoms with Gasteiger partial charge in [0.1, 0.15) is 0 Å². The first kappa shape index (κ1) is 19.9. The van der Waals surface area contributed by atoms with E-state index in [1.807, 2.05) is 45.9 Å². The highest BCUT2D eigenvalue weighted by molar-refractivity contribution is 7.89. The second-order valence-corrected chi connectivity index (χ2v) is 9.39. The molecule has 0 fully saturated rings. The first-order valence-electron chi connectivity index (χ1n) is 8.65. The SMILES string of the molecule is C=CCN([C@@H]1CC=C[C@H]1COC(C)(C)C)S(=O)(=O)c1ccc(C)cc1. The summed E-state index contributed by atoms with van der Waals surface area (Å²) in [5.41, 5.74) is 0.785. The summed E-state index contributed by atoms with van der Waals surface area (Å²) in [7, 11) is -3.58. The number of aryl methyl sites for hydroxylation is 1. The maximum Gasteiger partial charge on any atom is 0.243 e. The largest absolute Gasteiger partial charge is 0.375 e. The molecule has 4 nitrogen and oxygen atoms in total. The first-order valence-corrected chi connectivity index (χ1v) is 10.1. The zero-order chi connectivity index (χ0) is 18.7. The van der Waals surface area contributed by atoms with E-state index in [0.717, 1.165) is 5.56 Å². The average molecular weight is 364 g/mol. The zero-order valence-corrected chi connectivity index (χ0v) is 16.4. The highest BCUT2D eigenvalue weighted by atomic mass is 32.2. The molecule has 0 aliphatic heterocycles. The highest BCUT2D eigenvalue weighted by Gasteiger charge is 2.36. The van der Waals surface area contributed by atoms with Crippen LogP contribution in [0.5, 0.6) is 0 Å². The van der Waals surface area contributed by atoms with Crippen molar-refractivity contribution in [1.29, 1.82) is 0 Å². The molecule has 1 aromatic carbocycles. The quantitative estimate of drug-likeness (QED) is 0.690. The van der Waals surface area contributed by atoms with Gasteiger partial charge in [0.2, 0.25) is 10.0 Å². The Morgan fingerprint density at radius 2 is 1.92 bits per heavy atom. The van der Waals surface area contributed by atoms with Crippen molar-refractivity contribution in [1.82, 2.24) is 4.31 Å². The predicted molar refractivity (Wildman–Crippen MR) is 102 cm³/mol. The van der Waals surface area contributed by atoms with Crippen LogP contribution in [0.2, 0.25) is 0 Å². The van der Waals surface area contributed by atoms with Crippen molar-refractivity contribution in [3.05, 3.63) is 54.6 Å². The molecule has 0 unspecified atom stereocenters. The summed E-state index contributed by atoms with van der Waals surface area (Å²) in [5, 5.41) is 0. The lowest BCUT2D eigenvalue weighted by atomic mass is 10.0. The van der Waals surface area contributed by atoms with Crippen LogP contribution in [0, 0.1) is 12.8 Å². The molecule has 0 bridgehead atoms. The molecule has 1 aliphatic carbocycles. The average Bonchev–Trinajstić information content (AvgIpc) is 2.98. The van der Waals surface area contributed by atoms with Gasteiger partial charge in [-0.2, -0.15) is 4.31 Å². The monoisotopic (exact) mass is 363 g/mol. The summed E-state index contributed by atoms with van der Waals surface area (Å²) >= 11 is 0. The van der Waals surface area contributed by atoms with E-state index in [-0.39, 0.29) is 24.1 Å². The van der Waals surface area contributed by atoms with Gasteiger partial charge in [-0.15, -0.1) is 6.58 Å². The molecule has 0 aromatic heterocycles. The van der Waals surface area contributed by atoms with Crippen molar-refractivity contribution < 1.29 is 13.2 Å². The minimum absolute atomic E-state index is 0.0411. The lowest BCUT2D eigenvalue weighted by Crippen LogP contribution is -2.44. The number of sulfonamides is 1. The summed E-state index contributed by atoms with van der Waals surface area (Å²) in [4.78, 5) is 0.322. The molecule has 138 valence electrons. The number of rotatable bonds is 7. The van der Waals surface area contributed by atoms with Gasteiger partial charge in [0.25, 0.3) is 0 Å². The number of benzene rings is 1. The molecular formula is C20H29NO3S. The Balaban J connectivity index is 2.27. The van der Waals surface area contributed by atoms with E-state index in [4.69, 9.17) is 4.74 Å². The van der Waals surface area contributed by atoms with E-state index in [0.29, 0.717) is 17.9 Å². The van der Waals surface area contributed by atoms with E-state index < -0.39 is 10.0 Å². The van der Waals surface area contributed by atoms with E-state index in [1.165, 1.54) is 0 Å². The highest BCUT2D eigenvalue weighted by Crippen LogP contribution is 2.30. The molecule has 25 heavy (non-hydrogen) atoms. The van der Waals surface area contributed by atoms with E-state index >= 15 is 0 Å². The zero-order valence-electron chi connectivity index (χ0n) is 15.6. The van der Waals surface area contributed by atoms with Crippen LogP contribution >= 0.6 is 0 Å². The first-order chi connectivity index (χ1) is 11.6. The lowest BCUT2D eigenvalue weighted by Gasteiger charge is -2.32. The maximum atomic E-state index is 13.2. The fourth-order valence-corrected chi connectivity index (χ4v) is 4.58. The van der Waals surface area contributed by atoms with Gasteiger partial charge < -0.3 is 4.74 Å². The predicted octanol–water partition coefficient (Wildman–Crippen LogP) is 3.93. The van der Waals surface area contributed by atoms with Crippen LogP contribution in [0.15, 0.2) is 54.0 Å². The van der Waals surface area contributed by atoms with Gasteiger partial charge in [0.15, 0.2) is 0 Å². The molecule has 0 spiro atoms. The Kier molecular flexibility index (Phi) is 6.25. The van der Waals surface area contributed by atoms with Gasteiger partial charge in [0, 0.05) is 18.5 Å². The molecule has 0 amide bonds. The number of hydrogen-bond donors (Lipinski definition) is 0. The summed E-state index contributed by atoms with van der Waals surface area (Å²) in [6.45, 7) is 12.5. The molecule has 1 aliphatic rings. The summed E-state index contributed by atoms with van der Waals surface area (Å²) in [6, 6.07) is 6.85. The van der Waals surface area contributed by atoms with Crippen LogP contribution in [-0.4, -0.2) is 37.5 Å². The Bertz CT molecular complexity index is 714.